The van der Waals surface area contributed by atoms with E-state index in [1.54, 1.807) is 0 Å². The van der Waals surface area contributed by atoms with Gasteiger partial charge in [0.1, 0.15) is 11.6 Å². The predicted octanol–water partition coefficient (Wildman–Crippen LogP) is 1.74. The van der Waals surface area contributed by atoms with Crippen LogP contribution in [-0.4, -0.2) is 22.6 Å². The first-order valence-corrected chi connectivity index (χ1v) is 5.87. The summed E-state index contributed by atoms with van der Waals surface area (Å²) in [6.07, 6.45) is 0.925. The summed E-state index contributed by atoms with van der Waals surface area (Å²) >= 11 is 0. The lowest BCUT2D eigenvalue weighted by molar-refractivity contribution is 0.511. The van der Waals surface area contributed by atoms with Crippen molar-refractivity contribution >= 4 is 5.82 Å². The largest absolute Gasteiger partial charge is 0.368 e. The predicted molar refractivity (Wildman–Crippen MR) is 67.5 cm³/mol. The van der Waals surface area contributed by atoms with Crippen molar-refractivity contribution < 1.29 is 0 Å². The average Bonchev–Trinajstić information content (AvgIpc) is 2.24. The Balaban J connectivity index is 2.63. The monoisotopic (exact) mass is 222 g/mol. The molecular weight excluding hydrogens is 200 g/mol. The molecule has 0 saturated heterocycles. The van der Waals surface area contributed by atoms with Crippen LogP contribution in [-0.2, 0) is 6.42 Å². The topological polar surface area (TPSA) is 63.8 Å². The third kappa shape index (κ3) is 3.77. The van der Waals surface area contributed by atoms with Gasteiger partial charge in [-0.1, -0.05) is 20.8 Å². The number of nitrogens with zero attached hydrogens (tertiary/aromatic N) is 2. The van der Waals surface area contributed by atoms with Gasteiger partial charge in [0.2, 0.25) is 0 Å². The summed E-state index contributed by atoms with van der Waals surface area (Å²) in [4.78, 5) is 8.67. The van der Waals surface area contributed by atoms with Gasteiger partial charge in [-0.3, -0.25) is 0 Å². The van der Waals surface area contributed by atoms with Gasteiger partial charge in [0.15, 0.2) is 0 Å². The molecule has 16 heavy (non-hydrogen) atoms. The van der Waals surface area contributed by atoms with E-state index in [9.17, 15) is 0 Å². The SMILES string of the molecule is CCc1cc(NCC(N)C(C)C)nc(C)n1. The summed E-state index contributed by atoms with van der Waals surface area (Å²) < 4.78 is 0. The van der Waals surface area contributed by atoms with Gasteiger partial charge in [0.25, 0.3) is 0 Å². The number of aryl methyl sites for hydroxylation is 2. The van der Waals surface area contributed by atoms with E-state index in [2.05, 4.69) is 36.1 Å². The van der Waals surface area contributed by atoms with E-state index < -0.39 is 0 Å². The molecule has 1 heterocycles. The van der Waals surface area contributed by atoms with Crippen LogP contribution in [0.5, 0.6) is 0 Å². The van der Waals surface area contributed by atoms with Gasteiger partial charge < -0.3 is 11.1 Å². The van der Waals surface area contributed by atoms with Crippen LogP contribution in [0.15, 0.2) is 6.07 Å². The van der Waals surface area contributed by atoms with Crippen LogP contribution in [0, 0.1) is 12.8 Å². The number of nitrogens with two attached hydrogens (primary N) is 1. The molecule has 1 aromatic heterocycles. The quantitative estimate of drug-likeness (QED) is 0.796. The van der Waals surface area contributed by atoms with Gasteiger partial charge in [-0.2, -0.15) is 0 Å². The summed E-state index contributed by atoms with van der Waals surface area (Å²) in [7, 11) is 0. The molecule has 0 amide bonds. The Morgan fingerprint density at radius 1 is 1.38 bits per heavy atom. The van der Waals surface area contributed by atoms with Gasteiger partial charge >= 0.3 is 0 Å². The molecule has 3 N–H and O–H groups in total. The lowest BCUT2D eigenvalue weighted by Gasteiger charge is -2.16. The fourth-order valence-corrected chi connectivity index (χ4v) is 1.36. The summed E-state index contributed by atoms with van der Waals surface area (Å²) in [6.45, 7) is 8.99. The molecule has 0 bridgehead atoms. The van der Waals surface area contributed by atoms with E-state index in [1.165, 1.54) is 0 Å². The molecule has 1 aromatic rings. The van der Waals surface area contributed by atoms with Gasteiger partial charge in [-0.25, -0.2) is 9.97 Å². The highest BCUT2D eigenvalue weighted by Gasteiger charge is 2.07. The first-order valence-electron chi connectivity index (χ1n) is 5.87. The molecule has 0 saturated carbocycles. The Kier molecular flexibility index (Phi) is 4.68. The van der Waals surface area contributed by atoms with Gasteiger partial charge in [0, 0.05) is 24.3 Å². The normalized spacial score (nSPS) is 12.9. The fraction of sp³-hybridized carbons (Fsp3) is 0.667. The minimum Gasteiger partial charge on any atom is -0.368 e. The molecule has 0 aliphatic heterocycles. The van der Waals surface area contributed by atoms with Gasteiger partial charge in [-0.05, 0) is 19.3 Å². The maximum Gasteiger partial charge on any atom is 0.129 e. The summed E-state index contributed by atoms with van der Waals surface area (Å²) in [5, 5.41) is 3.27. The summed E-state index contributed by atoms with van der Waals surface area (Å²) in [5.74, 6) is 2.15. The van der Waals surface area contributed by atoms with E-state index in [4.69, 9.17) is 5.73 Å². The molecule has 1 unspecified atom stereocenters. The zero-order valence-corrected chi connectivity index (χ0v) is 10.6. The fourth-order valence-electron chi connectivity index (χ4n) is 1.36. The minimum atomic E-state index is 0.153. The maximum atomic E-state index is 5.97. The number of aromatic nitrogens is 2. The van der Waals surface area contributed by atoms with Crippen molar-refractivity contribution in [2.75, 3.05) is 11.9 Å². The molecule has 1 atom stereocenters. The smallest absolute Gasteiger partial charge is 0.129 e. The highest BCUT2D eigenvalue weighted by atomic mass is 15.0. The van der Waals surface area contributed by atoms with Crippen LogP contribution < -0.4 is 11.1 Å². The van der Waals surface area contributed by atoms with Crippen molar-refractivity contribution in [1.82, 2.24) is 9.97 Å². The molecule has 4 nitrogen and oxygen atoms in total. The number of rotatable bonds is 5. The standard InChI is InChI=1S/C12H22N4/c1-5-10-6-12(16-9(4)15-10)14-7-11(13)8(2)3/h6,8,11H,5,7,13H2,1-4H3,(H,14,15,16). The van der Waals surface area contributed by atoms with Crippen LogP contribution in [0.2, 0.25) is 0 Å². The van der Waals surface area contributed by atoms with Gasteiger partial charge in [0.05, 0.1) is 0 Å². The maximum absolute atomic E-state index is 5.97. The summed E-state index contributed by atoms with van der Waals surface area (Å²) in [6, 6.07) is 2.14. The lowest BCUT2D eigenvalue weighted by atomic mass is 10.1. The molecule has 1 rings (SSSR count). The zero-order chi connectivity index (χ0) is 12.1. The first-order chi connectivity index (χ1) is 7.52. The molecule has 90 valence electrons. The summed E-state index contributed by atoms with van der Waals surface area (Å²) in [5.41, 5.74) is 7.03. The van der Waals surface area contributed by atoms with Crippen LogP contribution in [0.3, 0.4) is 0 Å². The number of hydrogen-bond donors (Lipinski definition) is 2. The van der Waals surface area contributed by atoms with E-state index in [-0.39, 0.29) is 6.04 Å². The lowest BCUT2D eigenvalue weighted by Crippen LogP contribution is -2.34. The average molecular weight is 222 g/mol. The van der Waals surface area contributed by atoms with E-state index in [1.807, 2.05) is 13.0 Å². The molecule has 4 heteroatoms. The Bertz CT molecular complexity index is 336. The Morgan fingerprint density at radius 2 is 2.06 bits per heavy atom. The van der Waals surface area contributed by atoms with Crippen LogP contribution in [0.4, 0.5) is 5.82 Å². The van der Waals surface area contributed by atoms with E-state index >= 15 is 0 Å². The third-order valence-corrected chi connectivity index (χ3v) is 2.63. The molecule has 0 aliphatic rings. The van der Waals surface area contributed by atoms with Crippen molar-refractivity contribution in [3.8, 4) is 0 Å². The molecular formula is C12H22N4. The molecule has 0 spiro atoms. The third-order valence-electron chi connectivity index (χ3n) is 2.63. The van der Waals surface area contributed by atoms with Crippen molar-refractivity contribution in [2.24, 2.45) is 11.7 Å². The van der Waals surface area contributed by atoms with E-state index in [0.29, 0.717) is 5.92 Å². The molecule has 0 fully saturated rings. The zero-order valence-electron chi connectivity index (χ0n) is 10.6. The Labute approximate surface area is 97.7 Å². The van der Waals surface area contributed by atoms with Crippen molar-refractivity contribution in [1.29, 1.82) is 0 Å². The second-order valence-electron chi connectivity index (χ2n) is 4.43. The Morgan fingerprint density at radius 3 is 2.62 bits per heavy atom. The van der Waals surface area contributed by atoms with Crippen molar-refractivity contribution in [3.05, 3.63) is 17.6 Å². The van der Waals surface area contributed by atoms with Crippen molar-refractivity contribution in [3.63, 3.8) is 0 Å². The van der Waals surface area contributed by atoms with E-state index in [0.717, 1.165) is 30.3 Å². The Hall–Kier alpha value is -1.16. The van der Waals surface area contributed by atoms with Gasteiger partial charge in [-0.15, -0.1) is 0 Å². The number of hydrogen-bond acceptors (Lipinski definition) is 4. The highest BCUT2D eigenvalue weighted by molar-refractivity contribution is 5.36. The van der Waals surface area contributed by atoms with Crippen LogP contribution in [0.1, 0.15) is 32.3 Å². The van der Waals surface area contributed by atoms with Crippen LogP contribution >= 0.6 is 0 Å². The first kappa shape index (κ1) is 12.9. The minimum absolute atomic E-state index is 0.153. The molecule has 0 aliphatic carbocycles. The molecule has 0 aromatic carbocycles. The van der Waals surface area contributed by atoms with Crippen molar-refractivity contribution in [2.45, 2.75) is 40.2 Å². The van der Waals surface area contributed by atoms with Crippen LogP contribution in [0.25, 0.3) is 0 Å². The second kappa shape index (κ2) is 5.80. The highest BCUT2D eigenvalue weighted by Crippen LogP contribution is 2.08. The number of nitrogens with one attached hydrogen (secondary N) is 1. The molecule has 0 radical (unpaired) electrons. The second-order valence-corrected chi connectivity index (χ2v) is 4.43. The number of anilines is 1.